The van der Waals surface area contributed by atoms with E-state index in [0.29, 0.717) is 17.1 Å². The predicted octanol–water partition coefficient (Wildman–Crippen LogP) is 3.72. The van der Waals surface area contributed by atoms with Gasteiger partial charge in [-0.25, -0.2) is 0 Å². The molecule has 0 unspecified atom stereocenters. The van der Waals surface area contributed by atoms with Crippen LogP contribution >= 0.6 is 0 Å². The van der Waals surface area contributed by atoms with Crippen molar-refractivity contribution in [2.75, 3.05) is 14.2 Å². The van der Waals surface area contributed by atoms with Crippen molar-refractivity contribution in [1.82, 2.24) is 0 Å². The summed E-state index contributed by atoms with van der Waals surface area (Å²) in [7, 11) is 2.99. The van der Waals surface area contributed by atoms with Crippen molar-refractivity contribution in [3.63, 3.8) is 0 Å². The Kier molecular flexibility index (Phi) is 4.33. The van der Waals surface area contributed by atoms with E-state index in [1.54, 1.807) is 18.2 Å². The first-order valence-corrected chi connectivity index (χ1v) is 8.21. The van der Waals surface area contributed by atoms with Gasteiger partial charge in [-0.15, -0.1) is 0 Å². The quantitative estimate of drug-likeness (QED) is 0.889. The second-order valence-corrected chi connectivity index (χ2v) is 6.53. The van der Waals surface area contributed by atoms with E-state index in [1.807, 2.05) is 19.9 Å². The summed E-state index contributed by atoms with van der Waals surface area (Å²) in [5, 5.41) is 20.0. The lowest BCUT2D eigenvalue weighted by Gasteiger charge is -2.36. The molecule has 0 spiro atoms. The molecule has 2 N–H and O–H groups in total. The molecule has 0 bridgehead atoms. The van der Waals surface area contributed by atoms with Crippen molar-refractivity contribution in [1.29, 1.82) is 0 Å². The molecule has 132 valence electrons. The van der Waals surface area contributed by atoms with Crippen molar-refractivity contribution in [3.05, 3.63) is 47.0 Å². The average Bonchev–Trinajstić information content (AvgIpc) is 2.61. The minimum absolute atomic E-state index is 0.0162. The number of ether oxygens (including phenoxy) is 2. The third kappa shape index (κ3) is 2.69. The van der Waals surface area contributed by atoms with Crippen molar-refractivity contribution < 1.29 is 24.5 Å². The molecule has 0 amide bonds. The van der Waals surface area contributed by atoms with Gasteiger partial charge >= 0.3 is 0 Å². The van der Waals surface area contributed by atoms with Crippen LogP contribution in [-0.4, -0.2) is 30.2 Å². The van der Waals surface area contributed by atoms with Crippen LogP contribution < -0.4 is 9.47 Å². The van der Waals surface area contributed by atoms with Crippen LogP contribution in [0.15, 0.2) is 30.3 Å². The van der Waals surface area contributed by atoms with E-state index in [2.05, 4.69) is 0 Å². The van der Waals surface area contributed by atoms with Gasteiger partial charge in [-0.2, -0.15) is 0 Å². The van der Waals surface area contributed by atoms with E-state index >= 15 is 0 Å². The SMILES string of the molecule is COc1cc([C@H]2c3cc(OC)c(O)cc3C(=O)[C@H](C)[C@@H]2C)ccc1O. The normalized spacial score (nSPS) is 22.4. The van der Waals surface area contributed by atoms with Crippen LogP contribution in [0.5, 0.6) is 23.0 Å². The number of hydrogen-bond acceptors (Lipinski definition) is 5. The van der Waals surface area contributed by atoms with Crippen LogP contribution in [-0.2, 0) is 0 Å². The first-order chi connectivity index (χ1) is 11.9. The number of phenols is 2. The summed E-state index contributed by atoms with van der Waals surface area (Å²) in [4.78, 5) is 12.7. The topological polar surface area (TPSA) is 76.0 Å². The van der Waals surface area contributed by atoms with Gasteiger partial charge in [0.1, 0.15) is 0 Å². The Hall–Kier alpha value is -2.69. The molecule has 5 heteroatoms. The number of methoxy groups -OCH3 is 2. The van der Waals surface area contributed by atoms with Crippen molar-refractivity contribution in [3.8, 4) is 23.0 Å². The molecule has 0 fully saturated rings. The molecule has 0 saturated heterocycles. The molecule has 0 saturated carbocycles. The Morgan fingerprint density at radius 3 is 2.20 bits per heavy atom. The van der Waals surface area contributed by atoms with Crippen molar-refractivity contribution in [2.45, 2.75) is 19.8 Å². The Morgan fingerprint density at radius 2 is 1.56 bits per heavy atom. The standard InChI is InChI=1S/C20H22O5/c1-10-11(2)20(23)14-8-16(22)18(25-4)9-13(14)19(10)12-5-6-15(21)17(7-12)24-3/h5-11,19,21-22H,1-4H3/t10-,11+,19-/m0/s1. The minimum Gasteiger partial charge on any atom is -0.504 e. The zero-order valence-corrected chi connectivity index (χ0v) is 14.7. The summed E-state index contributed by atoms with van der Waals surface area (Å²) in [5.41, 5.74) is 2.27. The van der Waals surface area contributed by atoms with Crippen LogP contribution in [0.2, 0.25) is 0 Å². The number of ketones is 1. The van der Waals surface area contributed by atoms with Crippen LogP contribution in [0.25, 0.3) is 0 Å². The fraction of sp³-hybridized carbons (Fsp3) is 0.350. The van der Waals surface area contributed by atoms with Gasteiger partial charge in [-0.3, -0.25) is 4.79 Å². The second-order valence-electron chi connectivity index (χ2n) is 6.53. The third-order valence-electron chi connectivity index (χ3n) is 5.24. The molecule has 0 aliphatic heterocycles. The maximum Gasteiger partial charge on any atom is 0.166 e. The number of hydrogen-bond donors (Lipinski definition) is 2. The van der Waals surface area contributed by atoms with Crippen molar-refractivity contribution >= 4 is 5.78 Å². The lowest BCUT2D eigenvalue weighted by molar-refractivity contribution is 0.0865. The first-order valence-electron chi connectivity index (χ1n) is 8.21. The van der Waals surface area contributed by atoms with Gasteiger partial charge in [0.05, 0.1) is 14.2 Å². The number of carbonyl (C=O) groups is 1. The average molecular weight is 342 g/mol. The van der Waals surface area contributed by atoms with E-state index in [4.69, 9.17) is 9.47 Å². The van der Waals surface area contributed by atoms with E-state index < -0.39 is 0 Å². The smallest absolute Gasteiger partial charge is 0.166 e. The highest BCUT2D eigenvalue weighted by Crippen LogP contribution is 2.47. The first kappa shape index (κ1) is 17.1. The molecule has 2 aromatic rings. The van der Waals surface area contributed by atoms with Gasteiger partial charge in [0.2, 0.25) is 0 Å². The van der Waals surface area contributed by atoms with E-state index in [0.717, 1.165) is 11.1 Å². The maximum absolute atomic E-state index is 12.7. The van der Waals surface area contributed by atoms with Gasteiger partial charge in [0.25, 0.3) is 0 Å². The van der Waals surface area contributed by atoms with E-state index in [-0.39, 0.29) is 35.0 Å². The molecule has 3 rings (SSSR count). The number of aromatic hydroxyl groups is 2. The van der Waals surface area contributed by atoms with Gasteiger partial charge < -0.3 is 19.7 Å². The highest BCUT2D eigenvalue weighted by molar-refractivity contribution is 6.01. The number of rotatable bonds is 3. The van der Waals surface area contributed by atoms with Gasteiger partial charge in [-0.1, -0.05) is 19.9 Å². The summed E-state index contributed by atoms with van der Waals surface area (Å²) < 4.78 is 10.5. The second kappa shape index (κ2) is 6.31. The molecule has 0 aromatic heterocycles. The van der Waals surface area contributed by atoms with E-state index in [1.165, 1.54) is 20.3 Å². The van der Waals surface area contributed by atoms with Gasteiger partial charge in [0, 0.05) is 17.4 Å². The fourth-order valence-corrected chi connectivity index (χ4v) is 3.65. The van der Waals surface area contributed by atoms with E-state index in [9.17, 15) is 15.0 Å². The largest absolute Gasteiger partial charge is 0.504 e. The van der Waals surface area contributed by atoms with Gasteiger partial charge in [0.15, 0.2) is 28.8 Å². The molecule has 2 aromatic carbocycles. The van der Waals surface area contributed by atoms with Crippen LogP contribution in [0.1, 0.15) is 41.3 Å². The Balaban J connectivity index is 2.23. The van der Waals surface area contributed by atoms with Gasteiger partial charge in [-0.05, 0) is 41.3 Å². The Labute approximate surface area is 146 Å². The highest BCUT2D eigenvalue weighted by Gasteiger charge is 2.39. The summed E-state index contributed by atoms with van der Waals surface area (Å²) >= 11 is 0. The molecule has 3 atom stereocenters. The molecular formula is C20H22O5. The maximum atomic E-state index is 12.7. The summed E-state index contributed by atoms with van der Waals surface area (Å²) in [6.07, 6.45) is 0. The monoisotopic (exact) mass is 342 g/mol. The molecule has 0 heterocycles. The van der Waals surface area contributed by atoms with Crippen LogP contribution in [0, 0.1) is 11.8 Å². The number of Topliss-reactive ketones (excluding diaryl/α,β-unsaturated/α-hetero) is 1. The number of benzene rings is 2. The zero-order chi connectivity index (χ0) is 18.3. The van der Waals surface area contributed by atoms with Crippen LogP contribution in [0.4, 0.5) is 0 Å². The minimum atomic E-state index is -0.190. The zero-order valence-electron chi connectivity index (χ0n) is 14.7. The number of fused-ring (bicyclic) bond motifs is 1. The lowest BCUT2D eigenvalue weighted by atomic mass is 9.67. The number of phenolic OH excluding ortho intramolecular Hbond substituents is 2. The summed E-state index contributed by atoms with van der Waals surface area (Å²) in [6.45, 7) is 3.94. The molecule has 0 radical (unpaired) electrons. The molecular weight excluding hydrogens is 320 g/mol. The number of carbonyl (C=O) groups excluding carboxylic acids is 1. The third-order valence-corrected chi connectivity index (χ3v) is 5.24. The van der Waals surface area contributed by atoms with Crippen LogP contribution in [0.3, 0.4) is 0 Å². The summed E-state index contributed by atoms with van der Waals surface area (Å²) in [5.74, 6) is 0.550. The van der Waals surface area contributed by atoms with Crippen molar-refractivity contribution in [2.24, 2.45) is 11.8 Å². The molecule has 5 nitrogen and oxygen atoms in total. The molecule has 25 heavy (non-hydrogen) atoms. The fourth-order valence-electron chi connectivity index (χ4n) is 3.65. The molecule has 1 aliphatic carbocycles. The Bertz CT molecular complexity index is 827. The summed E-state index contributed by atoms with van der Waals surface area (Å²) in [6, 6.07) is 8.45. The lowest BCUT2D eigenvalue weighted by Crippen LogP contribution is -2.32. The Morgan fingerprint density at radius 1 is 0.920 bits per heavy atom. The molecule has 1 aliphatic rings. The predicted molar refractivity (Wildman–Crippen MR) is 93.8 cm³/mol. The highest BCUT2D eigenvalue weighted by atomic mass is 16.5.